The molecule has 0 radical (unpaired) electrons. The average Bonchev–Trinajstić information content (AvgIpc) is 2.50. The zero-order valence-electron chi connectivity index (χ0n) is 12.6. The summed E-state index contributed by atoms with van der Waals surface area (Å²) in [5.41, 5.74) is 9.38. The van der Waals surface area contributed by atoms with Crippen molar-refractivity contribution in [3.63, 3.8) is 0 Å². The molecule has 0 fully saturated rings. The fourth-order valence-corrected chi connectivity index (χ4v) is 1.99. The molecule has 2 amide bonds. The van der Waals surface area contributed by atoms with Gasteiger partial charge in [-0.05, 0) is 48.7 Å². The third-order valence-electron chi connectivity index (χ3n) is 3.28. The van der Waals surface area contributed by atoms with E-state index in [0.717, 1.165) is 17.5 Å². The molecule has 0 unspecified atom stereocenters. The lowest BCUT2D eigenvalue weighted by atomic mass is 10.1. The zero-order chi connectivity index (χ0) is 16.1. The molecule has 5 heteroatoms. The molecule has 0 spiro atoms. The van der Waals surface area contributed by atoms with Crippen molar-refractivity contribution in [1.29, 1.82) is 0 Å². The molecule has 0 bridgehead atoms. The van der Waals surface area contributed by atoms with Crippen molar-refractivity contribution in [3.8, 4) is 0 Å². The Morgan fingerprint density at radius 3 is 2.23 bits per heavy atom. The Labute approximate surface area is 129 Å². The van der Waals surface area contributed by atoms with Gasteiger partial charge in [-0.1, -0.05) is 25.1 Å². The van der Waals surface area contributed by atoms with Gasteiger partial charge in [0.2, 0.25) is 0 Å². The summed E-state index contributed by atoms with van der Waals surface area (Å²) in [4.78, 5) is 23.8. The summed E-state index contributed by atoms with van der Waals surface area (Å²) < 4.78 is 0. The maximum absolute atomic E-state index is 11.9. The maximum Gasteiger partial charge on any atom is 0.314 e. The lowest BCUT2D eigenvalue weighted by Crippen LogP contribution is -2.29. The zero-order valence-corrected chi connectivity index (χ0v) is 12.6. The standard InChI is InChI=1S/C17H19N3O2/c1-3-12-5-7-13(8-6-12)19-16(21)17(22)20-15-9-4-11(2)10-14(15)18/h4-10H,3,18H2,1-2H3,(H,19,21)(H,20,22). The third-order valence-corrected chi connectivity index (χ3v) is 3.28. The van der Waals surface area contributed by atoms with E-state index in [1.807, 2.05) is 32.0 Å². The van der Waals surface area contributed by atoms with Crippen LogP contribution in [-0.4, -0.2) is 11.8 Å². The largest absolute Gasteiger partial charge is 0.397 e. The molecule has 0 heterocycles. The van der Waals surface area contributed by atoms with Crippen molar-refractivity contribution in [1.82, 2.24) is 0 Å². The molecular weight excluding hydrogens is 278 g/mol. The van der Waals surface area contributed by atoms with Gasteiger partial charge in [0, 0.05) is 5.69 Å². The number of nitrogens with one attached hydrogen (secondary N) is 2. The summed E-state index contributed by atoms with van der Waals surface area (Å²) in [5.74, 6) is -1.49. The SMILES string of the molecule is CCc1ccc(NC(=O)C(=O)Nc2ccc(C)cc2N)cc1. The van der Waals surface area contributed by atoms with Crippen LogP contribution in [0.15, 0.2) is 42.5 Å². The van der Waals surface area contributed by atoms with E-state index in [9.17, 15) is 9.59 Å². The molecule has 0 atom stereocenters. The number of carbonyl (C=O) groups excluding carboxylic acids is 2. The first-order valence-corrected chi connectivity index (χ1v) is 7.07. The highest BCUT2D eigenvalue weighted by Gasteiger charge is 2.15. The summed E-state index contributed by atoms with van der Waals surface area (Å²) in [6, 6.07) is 12.6. The molecule has 2 aromatic rings. The number of hydrogen-bond acceptors (Lipinski definition) is 3. The van der Waals surface area contributed by atoms with E-state index in [0.29, 0.717) is 17.1 Å². The first-order chi connectivity index (χ1) is 10.5. The molecule has 22 heavy (non-hydrogen) atoms. The number of benzene rings is 2. The van der Waals surface area contributed by atoms with Crippen LogP contribution in [0.25, 0.3) is 0 Å². The van der Waals surface area contributed by atoms with E-state index in [-0.39, 0.29) is 0 Å². The molecule has 0 aliphatic heterocycles. The Kier molecular flexibility index (Phi) is 4.78. The number of carbonyl (C=O) groups is 2. The summed E-state index contributed by atoms with van der Waals surface area (Å²) in [7, 11) is 0. The smallest absolute Gasteiger partial charge is 0.314 e. The molecule has 0 aromatic heterocycles. The minimum Gasteiger partial charge on any atom is -0.397 e. The Morgan fingerprint density at radius 1 is 1.00 bits per heavy atom. The van der Waals surface area contributed by atoms with Gasteiger partial charge in [0.1, 0.15) is 0 Å². The fourth-order valence-electron chi connectivity index (χ4n) is 1.99. The summed E-state index contributed by atoms with van der Waals surface area (Å²) in [6.07, 6.45) is 0.918. The van der Waals surface area contributed by atoms with E-state index in [2.05, 4.69) is 10.6 Å². The highest BCUT2D eigenvalue weighted by Crippen LogP contribution is 2.19. The van der Waals surface area contributed by atoms with E-state index < -0.39 is 11.8 Å². The quantitative estimate of drug-likeness (QED) is 0.601. The summed E-state index contributed by atoms with van der Waals surface area (Å²) >= 11 is 0. The van der Waals surface area contributed by atoms with Crippen LogP contribution in [-0.2, 0) is 16.0 Å². The normalized spacial score (nSPS) is 10.1. The Balaban J connectivity index is 2.01. The second kappa shape index (κ2) is 6.76. The topological polar surface area (TPSA) is 84.2 Å². The van der Waals surface area contributed by atoms with Crippen LogP contribution in [0.2, 0.25) is 0 Å². The average molecular weight is 297 g/mol. The number of aryl methyl sites for hydroxylation is 2. The van der Waals surface area contributed by atoms with Gasteiger partial charge in [-0.15, -0.1) is 0 Å². The maximum atomic E-state index is 11.9. The fraction of sp³-hybridized carbons (Fsp3) is 0.176. The molecule has 0 saturated heterocycles. The van der Waals surface area contributed by atoms with Gasteiger partial charge in [0.05, 0.1) is 11.4 Å². The third kappa shape index (κ3) is 3.85. The Bertz CT molecular complexity index is 694. The number of hydrogen-bond donors (Lipinski definition) is 3. The van der Waals surface area contributed by atoms with E-state index >= 15 is 0 Å². The van der Waals surface area contributed by atoms with Crippen LogP contribution in [0, 0.1) is 6.92 Å². The Hall–Kier alpha value is -2.82. The second-order valence-electron chi connectivity index (χ2n) is 5.05. The lowest BCUT2D eigenvalue weighted by Gasteiger charge is -2.09. The first-order valence-electron chi connectivity index (χ1n) is 7.07. The van der Waals surface area contributed by atoms with Gasteiger partial charge < -0.3 is 16.4 Å². The van der Waals surface area contributed by atoms with E-state index in [4.69, 9.17) is 5.73 Å². The van der Waals surface area contributed by atoms with Crippen LogP contribution in [0.4, 0.5) is 17.1 Å². The number of rotatable bonds is 3. The van der Waals surface area contributed by atoms with Gasteiger partial charge in [0.25, 0.3) is 0 Å². The predicted molar refractivity (Wildman–Crippen MR) is 88.7 cm³/mol. The van der Waals surface area contributed by atoms with Crippen LogP contribution in [0.1, 0.15) is 18.1 Å². The highest BCUT2D eigenvalue weighted by molar-refractivity contribution is 6.43. The number of nitrogen functional groups attached to an aromatic ring is 1. The van der Waals surface area contributed by atoms with Gasteiger partial charge in [-0.25, -0.2) is 0 Å². The minimum absolute atomic E-state index is 0.423. The van der Waals surface area contributed by atoms with Gasteiger partial charge in [-0.2, -0.15) is 0 Å². The molecule has 114 valence electrons. The van der Waals surface area contributed by atoms with E-state index in [1.165, 1.54) is 0 Å². The molecule has 0 aliphatic rings. The van der Waals surface area contributed by atoms with Crippen molar-refractivity contribution in [2.75, 3.05) is 16.4 Å². The van der Waals surface area contributed by atoms with Crippen molar-refractivity contribution in [3.05, 3.63) is 53.6 Å². The van der Waals surface area contributed by atoms with Crippen LogP contribution < -0.4 is 16.4 Å². The number of amides is 2. The lowest BCUT2D eigenvalue weighted by molar-refractivity contribution is -0.132. The van der Waals surface area contributed by atoms with Gasteiger partial charge >= 0.3 is 11.8 Å². The Morgan fingerprint density at radius 2 is 1.64 bits per heavy atom. The minimum atomic E-state index is -0.755. The van der Waals surface area contributed by atoms with Crippen molar-refractivity contribution in [2.45, 2.75) is 20.3 Å². The van der Waals surface area contributed by atoms with Crippen LogP contribution >= 0.6 is 0 Å². The first kappa shape index (κ1) is 15.6. The molecule has 4 N–H and O–H groups in total. The molecule has 0 saturated carbocycles. The number of anilines is 3. The molecule has 5 nitrogen and oxygen atoms in total. The van der Waals surface area contributed by atoms with Crippen LogP contribution in [0.5, 0.6) is 0 Å². The van der Waals surface area contributed by atoms with Gasteiger partial charge in [0.15, 0.2) is 0 Å². The summed E-state index contributed by atoms with van der Waals surface area (Å²) in [6.45, 7) is 3.95. The van der Waals surface area contributed by atoms with Gasteiger partial charge in [-0.3, -0.25) is 9.59 Å². The summed E-state index contributed by atoms with van der Waals surface area (Å²) in [5, 5.41) is 5.06. The predicted octanol–water partition coefficient (Wildman–Crippen LogP) is 2.72. The van der Waals surface area contributed by atoms with Crippen LogP contribution in [0.3, 0.4) is 0 Å². The van der Waals surface area contributed by atoms with Crippen molar-refractivity contribution < 1.29 is 9.59 Å². The molecular formula is C17H19N3O2. The molecule has 2 aromatic carbocycles. The number of nitrogens with two attached hydrogens (primary N) is 1. The van der Waals surface area contributed by atoms with E-state index in [1.54, 1.807) is 24.3 Å². The molecule has 0 aliphatic carbocycles. The molecule has 2 rings (SSSR count). The highest BCUT2D eigenvalue weighted by atomic mass is 16.2. The van der Waals surface area contributed by atoms with Crippen molar-refractivity contribution >= 4 is 28.9 Å². The second-order valence-corrected chi connectivity index (χ2v) is 5.05. The monoisotopic (exact) mass is 297 g/mol. The van der Waals surface area contributed by atoms with Crippen molar-refractivity contribution in [2.24, 2.45) is 0 Å².